The Morgan fingerprint density at radius 1 is 1.24 bits per heavy atom. The molecule has 4 rings (SSSR count). The van der Waals surface area contributed by atoms with Crippen LogP contribution in [0.15, 0.2) is 41.8 Å². The summed E-state index contributed by atoms with van der Waals surface area (Å²) in [5.74, 6) is -0.144. The number of thiophene rings is 1. The highest BCUT2D eigenvalue weighted by Crippen LogP contribution is 2.24. The molecule has 7 heteroatoms. The van der Waals surface area contributed by atoms with E-state index < -0.39 is 0 Å². The predicted molar refractivity (Wildman–Crippen MR) is 99.8 cm³/mol. The van der Waals surface area contributed by atoms with Gasteiger partial charge in [0.1, 0.15) is 11.0 Å². The van der Waals surface area contributed by atoms with E-state index in [4.69, 9.17) is 0 Å². The second kappa shape index (κ2) is 6.93. The third-order valence-corrected chi connectivity index (χ3v) is 6.19. The zero-order valence-corrected chi connectivity index (χ0v) is 15.1. The van der Waals surface area contributed by atoms with Gasteiger partial charge in [0.25, 0.3) is 5.91 Å². The summed E-state index contributed by atoms with van der Waals surface area (Å²) in [4.78, 5) is 32.1. The Labute approximate surface area is 153 Å². The van der Waals surface area contributed by atoms with Gasteiger partial charge in [-0.15, -0.1) is 22.7 Å². The molecule has 1 aromatic carbocycles. The molecule has 1 fully saturated rings. The van der Waals surface area contributed by atoms with Crippen molar-refractivity contribution in [3.05, 3.63) is 51.7 Å². The number of nitrogens with zero attached hydrogens (tertiary/aromatic N) is 2. The number of hydrogen-bond donors (Lipinski definition) is 1. The van der Waals surface area contributed by atoms with E-state index in [1.165, 1.54) is 11.3 Å². The van der Waals surface area contributed by atoms with Crippen molar-refractivity contribution < 1.29 is 9.59 Å². The Morgan fingerprint density at radius 3 is 2.92 bits per heavy atom. The molecule has 2 amide bonds. The van der Waals surface area contributed by atoms with Crippen LogP contribution in [0.2, 0.25) is 0 Å². The number of para-hydroxylation sites is 1. The fourth-order valence-corrected chi connectivity index (χ4v) is 4.69. The number of amides is 2. The van der Waals surface area contributed by atoms with Gasteiger partial charge in [0.15, 0.2) is 0 Å². The molecule has 1 N–H and O–H groups in total. The Kier molecular flexibility index (Phi) is 4.50. The van der Waals surface area contributed by atoms with Crippen LogP contribution in [0.4, 0.5) is 0 Å². The van der Waals surface area contributed by atoms with Crippen molar-refractivity contribution in [1.82, 2.24) is 15.2 Å². The van der Waals surface area contributed by atoms with Gasteiger partial charge in [0, 0.05) is 6.54 Å². The monoisotopic (exact) mass is 371 g/mol. The fourth-order valence-electron chi connectivity index (χ4n) is 3.10. The smallest absolute Gasteiger partial charge is 0.264 e. The Hall–Kier alpha value is -2.25. The topological polar surface area (TPSA) is 62.3 Å². The largest absolute Gasteiger partial charge is 0.348 e. The molecule has 0 aliphatic carbocycles. The molecule has 3 aromatic rings. The zero-order chi connectivity index (χ0) is 17.2. The lowest BCUT2D eigenvalue weighted by atomic mass is 10.2. The van der Waals surface area contributed by atoms with Gasteiger partial charge in [-0.05, 0) is 36.4 Å². The van der Waals surface area contributed by atoms with E-state index in [1.807, 2.05) is 35.7 Å². The number of rotatable bonds is 4. The first-order chi connectivity index (χ1) is 12.2. The minimum Gasteiger partial charge on any atom is -0.348 e. The van der Waals surface area contributed by atoms with Crippen LogP contribution in [-0.2, 0) is 11.3 Å². The summed E-state index contributed by atoms with van der Waals surface area (Å²) < 4.78 is 1.11. The highest BCUT2D eigenvalue weighted by molar-refractivity contribution is 7.18. The number of carbonyl (C=O) groups excluding carboxylic acids is 2. The summed E-state index contributed by atoms with van der Waals surface area (Å²) >= 11 is 3.00. The molecule has 128 valence electrons. The number of benzene rings is 1. The van der Waals surface area contributed by atoms with E-state index in [2.05, 4.69) is 10.3 Å². The third kappa shape index (κ3) is 3.29. The fraction of sp³-hybridized carbons (Fsp3) is 0.278. The van der Waals surface area contributed by atoms with E-state index in [9.17, 15) is 9.59 Å². The summed E-state index contributed by atoms with van der Waals surface area (Å²) in [6.07, 6.45) is 1.57. The van der Waals surface area contributed by atoms with Crippen LogP contribution >= 0.6 is 22.7 Å². The first kappa shape index (κ1) is 16.2. The van der Waals surface area contributed by atoms with Gasteiger partial charge in [-0.2, -0.15) is 0 Å². The standard InChI is InChI=1S/C18H17N3O2S2/c22-17(19-11-16-20-12-5-1-2-7-14(12)25-16)13-6-3-9-21(13)18(23)15-8-4-10-24-15/h1-2,4-5,7-8,10,13H,3,6,9,11H2,(H,19,22). The summed E-state index contributed by atoms with van der Waals surface area (Å²) in [5.41, 5.74) is 0.951. The lowest BCUT2D eigenvalue weighted by molar-refractivity contribution is -0.125. The molecule has 1 unspecified atom stereocenters. The summed E-state index contributed by atoms with van der Waals surface area (Å²) in [5, 5.41) is 5.71. The number of hydrogen-bond acceptors (Lipinski definition) is 5. The summed E-state index contributed by atoms with van der Waals surface area (Å²) in [6, 6.07) is 11.2. The Morgan fingerprint density at radius 2 is 2.12 bits per heavy atom. The van der Waals surface area contributed by atoms with E-state index in [-0.39, 0.29) is 17.9 Å². The number of thiazole rings is 1. The van der Waals surface area contributed by atoms with Gasteiger partial charge in [-0.25, -0.2) is 4.98 Å². The number of carbonyl (C=O) groups is 2. The molecular weight excluding hydrogens is 354 g/mol. The van der Waals surface area contributed by atoms with Crippen LogP contribution in [-0.4, -0.2) is 34.3 Å². The molecule has 0 spiro atoms. The quantitative estimate of drug-likeness (QED) is 0.766. The molecule has 3 heterocycles. The number of likely N-dealkylation sites (tertiary alicyclic amines) is 1. The van der Waals surface area contributed by atoms with E-state index >= 15 is 0 Å². The first-order valence-corrected chi connectivity index (χ1v) is 9.88. The molecule has 1 aliphatic heterocycles. The van der Waals surface area contributed by atoms with Crippen LogP contribution in [0, 0.1) is 0 Å². The van der Waals surface area contributed by atoms with Crippen LogP contribution in [0.5, 0.6) is 0 Å². The Balaban J connectivity index is 1.42. The second-order valence-corrected chi connectivity index (χ2v) is 7.99. The zero-order valence-electron chi connectivity index (χ0n) is 13.5. The maximum atomic E-state index is 12.6. The second-order valence-electron chi connectivity index (χ2n) is 5.93. The van der Waals surface area contributed by atoms with Gasteiger partial charge in [0.05, 0.1) is 21.6 Å². The van der Waals surface area contributed by atoms with Gasteiger partial charge >= 0.3 is 0 Å². The Bertz CT molecular complexity index is 871. The summed E-state index contributed by atoms with van der Waals surface area (Å²) in [6.45, 7) is 1.03. The minimum atomic E-state index is -0.385. The lowest BCUT2D eigenvalue weighted by Crippen LogP contribution is -2.45. The number of nitrogens with one attached hydrogen (secondary N) is 1. The molecule has 0 bridgehead atoms. The minimum absolute atomic E-state index is 0.0485. The van der Waals surface area contributed by atoms with Crippen molar-refractivity contribution in [2.45, 2.75) is 25.4 Å². The van der Waals surface area contributed by atoms with E-state index in [0.717, 1.165) is 21.6 Å². The van der Waals surface area contributed by atoms with Gasteiger partial charge in [-0.3, -0.25) is 9.59 Å². The average Bonchev–Trinajstić information content (AvgIpc) is 3.38. The van der Waals surface area contributed by atoms with Crippen molar-refractivity contribution in [2.75, 3.05) is 6.54 Å². The van der Waals surface area contributed by atoms with Gasteiger partial charge in [0.2, 0.25) is 5.91 Å². The van der Waals surface area contributed by atoms with E-state index in [1.54, 1.807) is 22.3 Å². The molecule has 25 heavy (non-hydrogen) atoms. The summed E-state index contributed by atoms with van der Waals surface area (Å²) in [7, 11) is 0. The predicted octanol–water partition coefficient (Wildman–Crippen LogP) is 3.28. The van der Waals surface area contributed by atoms with Crippen molar-refractivity contribution in [1.29, 1.82) is 0 Å². The van der Waals surface area contributed by atoms with Crippen molar-refractivity contribution in [3.8, 4) is 0 Å². The van der Waals surface area contributed by atoms with Crippen LogP contribution in [0.25, 0.3) is 10.2 Å². The molecule has 1 saturated heterocycles. The van der Waals surface area contributed by atoms with Crippen LogP contribution in [0.1, 0.15) is 27.5 Å². The molecular formula is C18H17N3O2S2. The first-order valence-electron chi connectivity index (χ1n) is 8.19. The maximum absolute atomic E-state index is 12.6. The number of fused-ring (bicyclic) bond motifs is 1. The molecule has 0 radical (unpaired) electrons. The number of aromatic nitrogens is 1. The normalized spacial score (nSPS) is 17.1. The van der Waals surface area contributed by atoms with Crippen molar-refractivity contribution in [2.24, 2.45) is 0 Å². The molecule has 5 nitrogen and oxygen atoms in total. The molecule has 1 atom stereocenters. The van der Waals surface area contributed by atoms with Gasteiger partial charge in [-0.1, -0.05) is 18.2 Å². The van der Waals surface area contributed by atoms with Crippen molar-refractivity contribution >= 4 is 44.7 Å². The van der Waals surface area contributed by atoms with E-state index in [0.29, 0.717) is 24.4 Å². The van der Waals surface area contributed by atoms with Crippen LogP contribution in [0.3, 0.4) is 0 Å². The molecule has 2 aromatic heterocycles. The lowest BCUT2D eigenvalue weighted by Gasteiger charge is -2.23. The highest BCUT2D eigenvalue weighted by atomic mass is 32.1. The SMILES string of the molecule is O=C(NCc1nc2ccccc2s1)C1CCCN1C(=O)c1cccs1. The average molecular weight is 371 g/mol. The van der Waals surface area contributed by atoms with Gasteiger partial charge < -0.3 is 10.2 Å². The molecule has 1 aliphatic rings. The van der Waals surface area contributed by atoms with Crippen LogP contribution < -0.4 is 5.32 Å². The maximum Gasteiger partial charge on any atom is 0.264 e. The molecule has 0 saturated carbocycles. The third-order valence-electron chi connectivity index (χ3n) is 4.30. The highest BCUT2D eigenvalue weighted by Gasteiger charge is 2.34. The van der Waals surface area contributed by atoms with Crippen molar-refractivity contribution in [3.63, 3.8) is 0 Å².